The minimum Gasteiger partial charge on any atom is -0.352 e. The number of hydrogen-bond acceptors (Lipinski definition) is 3. The van der Waals surface area contributed by atoms with E-state index >= 15 is 0 Å². The number of urea groups is 1. The average molecular weight is 383 g/mol. The number of carbonyl (C=O) groups excluding carboxylic acids is 3. The molecule has 150 valence electrons. The molecule has 1 aliphatic heterocycles. The van der Waals surface area contributed by atoms with Crippen LogP contribution in [0.5, 0.6) is 0 Å². The van der Waals surface area contributed by atoms with Crippen LogP contribution in [0, 0.1) is 11.8 Å². The van der Waals surface area contributed by atoms with Crippen LogP contribution in [0.2, 0.25) is 0 Å². The first-order chi connectivity index (χ1) is 13.4. The zero-order valence-electron chi connectivity index (χ0n) is 16.6. The molecule has 0 bridgehead atoms. The fourth-order valence-electron chi connectivity index (χ4n) is 5.29. The number of carbonyl (C=O) groups is 3. The molecule has 0 spiro atoms. The normalized spacial score (nSPS) is 31.0. The van der Waals surface area contributed by atoms with Crippen LogP contribution >= 0.6 is 0 Å². The van der Waals surface area contributed by atoms with E-state index in [4.69, 9.17) is 0 Å². The second kappa shape index (κ2) is 7.22. The molecule has 0 unspecified atom stereocenters. The number of rotatable bonds is 5. The van der Waals surface area contributed by atoms with Gasteiger partial charge in [-0.2, -0.15) is 0 Å². The van der Waals surface area contributed by atoms with Crippen molar-refractivity contribution in [1.82, 2.24) is 15.5 Å². The number of amides is 4. The number of nitrogens with zero attached hydrogens (tertiary/aromatic N) is 1. The highest BCUT2D eigenvalue weighted by atomic mass is 16.2. The molecule has 1 heterocycles. The van der Waals surface area contributed by atoms with Gasteiger partial charge in [0.1, 0.15) is 5.54 Å². The first-order valence-corrected chi connectivity index (χ1v) is 10.4. The zero-order valence-corrected chi connectivity index (χ0v) is 16.6. The second-order valence-corrected chi connectivity index (χ2v) is 8.90. The van der Waals surface area contributed by atoms with E-state index in [1.807, 2.05) is 6.07 Å². The lowest BCUT2D eigenvalue weighted by molar-refractivity contribution is -0.131. The Bertz CT molecular complexity index is 776. The summed E-state index contributed by atoms with van der Waals surface area (Å²) >= 11 is 0. The van der Waals surface area contributed by atoms with E-state index in [0.29, 0.717) is 17.8 Å². The molecule has 2 aliphatic carbocycles. The lowest BCUT2D eigenvalue weighted by Gasteiger charge is -2.55. The number of fused-ring (bicyclic) bond motifs is 1. The molecule has 6 nitrogen and oxygen atoms in total. The molecule has 28 heavy (non-hydrogen) atoms. The molecule has 2 saturated carbocycles. The highest BCUT2D eigenvalue weighted by molar-refractivity contribution is 6.06. The molecule has 3 aliphatic rings. The van der Waals surface area contributed by atoms with Gasteiger partial charge in [-0.3, -0.25) is 14.5 Å². The fraction of sp³-hybridized carbons (Fsp3) is 0.591. The lowest BCUT2D eigenvalue weighted by atomic mass is 9.53. The summed E-state index contributed by atoms with van der Waals surface area (Å²) in [6, 6.07) is 10.2. The molecule has 1 saturated heterocycles. The Labute approximate surface area is 166 Å². The third kappa shape index (κ3) is 3.29. The molecule has 4 amide bonds. The van der Waals surface area contributed by atoms with Crippen molar-refractivity contribution < 1.29 is 14.4 Å². The largest absolute Gasteiger partial charge is 0.352 e. The molecule has 1 aromatic carbocycles. The lowest BCUT2D eigenvalue weighted by Crippen LogP contribution is -2.59. The van der Waals surface area contributed by atoms with Gasteiger partial charge in [-0.25, -0.2) is 4.79 Å². The van der Waals surface area contributed by atoms with E-state index in [0.717, 1.165) is 4.90 Å². The molecule has 3 fully saturated rings. The van der Waals surface area contributed by atoms with E-state index in [2.05, 4.69) is 34.9 Å². The van der Waals surface area contributed by atoms with Gasteiger partial charge in [0.05, 0.1) is 0 Å². The fourth-order valence-corrected chi connectivity index (χ4v) is 5.29. The van der Waals surface area contributed by atoms with Gasteiger partial charge < -0.3 is 10.6 Å². The number of imide groups is 1. The van der Waals surface area contributed by atoms with Gasteiger partial charge in [-0.1, -0.05) is 43.2 Å². The van der Waals surface area contributed by atoms with Crippen molar-refractivity contribution in [3.8, 4) is 0 Å². The Kier molecular flexibility index (Phi) is 4.89. The van der Waals surface area contributed by atoms with Crippen LogP contribution in [-0.4, -0.2) is 40.9 Å². The van der Waals surface area contributed by atoms with Gasteiger partial charge in [0.15, 0.2) is 0 Å². The van der Waals surface area contributed by atoms with E-state index in [9.17, 15) is 14.4 Å². The SMILES string of the molecule is CC1(C)NC(=O)N(CCC(=O)N[C@H]2[C@H]3CCCC[C@@H]3[C@@H]2c2ccccc2)C1=O. The number of benzene rings is 1. The smallest absolute Gasteiger partial charge is 0.325 e. The second-order valence-electron chi connectivity index (χ2n) is 8.90. The summed E-state index contributed by atoms with van der Waals surface area (Å²) < 4.78 is 0. The van der Waals surface area contributed by atoms with Crippen molar-refractivity contribution in [1.29, 1.82) is 0 Å². The van der Waals surface area contributed by atoms with Crippen LogP contribution in [0.25, 0.3) is 0 Å². The summed E-state index contributed by atoms with van der Waals surface area (Å²) in [6.07, 6.45) is 5.04. The highest BCUT2D eigenvalue weighted by Crippen LogP contribution is 2.54. The Morgan fingerprint density at radius 1 is 1.14 bits per heavy atom. The number of nitrogens with one attached hydrogen (secondary N) is 2. The molecule has 6 heteroatoms. The maximum atomic E-state index is 12.6. The summed E-state index contributed by atoms with van der Waals surface area (Å²) in [6.45, 7) is 3.47. The van der Waals surface area contributed by atoms with Crippen LogP contribution in [0.1, 0.15) is 57.4 Å². The maximum absolute atomic E-state index is 12.6. The van der Waals surface area contributed by atoms with Crippen molar-refractivity contribution in [2.24, 2.45) is 11.8 Å². The van der Waals surface area contributed by atoms with Gasteiger partial charge >= 0.3 is 6.03 Å². The van der Waals surface area contributed by atoms with Crippen LogP contribution in [0.4, 0.5) is 4.79 Å². The van der Waals surface area contributed by atoms with Crippen molar-refractivity contribution >= 4 is 17.8 Å². The quantitative estimate of drug-likeness (QED) is 0.768. The molecule has 4 rings (SSSR count). The Balaban J connectivity index is 1.39. The third-order valence-corrected chi connectivity index (χ3v) is 6.70. The molecular formula is C22H29N3O3. The first-order valence-electron chi connectivity index (χ1n) is 10.4. The van der Waals surface area contributed by atoms with E-state index in [-0.39, 0.29) is 30.8 Å². The molecular weight excluding hydrogens is 354 g/mol. The zero-order chi connectivity index (χ0) is 19.9. The van der Waals surface area contributed by atoms with Gasteiger partial charge in [0.2, 0.25) is 5.91 Å². The van der Waals surface area contributed by atoms with Gasteiger partial charge in [-0.15, -0.1) is 0 Å². The molecule has 0 radical (unpaired) electrons. The van der Waals surface area contributed by atoms with Crippen LogP contribution < -0.4 is 10.6 Å². The Morgan fingerprint density at radius 2 is 1.82 bits per heavy atom. The van der Waals surface area contributed by atoms with Crippen LogP contribution in [0.15, 0.2) is 30.3 Å². The first kappa shape index (κ1) is 19.0. The Morgan fingerprint density at radius 3 is 2.46 bits per heavy atom. The summed E-state index contributed by atoms with van der Waals surface area (Å²) in [7, 11) is 0. The number of hydrogen-bond donors (Lipinski definition) is 2. The topological polar surface area (TPSA) is 78.5 Å². The van der Waals surface area contributed by atoms with Crippen LogP contribution in [0.3, 0.4) is 0 Å². The minimum absolute atomic E-state index is 0.0831. The summed E-state index contributed by atoms with van der Waals surface area (Å²) in [5.74, 6) is 1.20. The molecule has 2 N–H and O–H groups in total. The summed E-state index contributed by atoms with van der Waals surface area (Å²) in [5.41, 5.74) is 0.404. The van der Waals surface area contributed by atoms with Crippen molar-refractivity contribution in [3.63, 3.8) is 0 Å². The monoisotopic (exact) mass is 383 g/mol. The van der Waals surface area contributed by atoms with Crippen LogP contribution in [-0.2, 0) is 9.59 Å². The minimum atomic E-state index is -0.894. The van der Waals surface area contributed by atoms with Crippen molar-refractivity contribution in [2.45, 2.75) is 63.5 Å². The van der Waals surface area contributed by atoms with E-state index in [1.54, 1.807) is 13.8 Å². The maximum Gasteiger partial charge on any atom is 0.325 e. The summed E-state index contributed by atoms with van der Waals surface area (Å²) in [5, 5.41) is 5.88. The van der Waals surface area contributed by atoms with Crippen molar-refractivity contribution in [3.05, 3.63) is 35.9 Å². The average Bonchev–Trinajstić information content (AvgIpc) is 2.86. The van der Waals surface area contributed by atoms with Gasteiger partial charge in [-0.05, 0) is 44.1 Å². The molecule has 1 aromatic rings. The molecule has 4 atom stereocenters. The van der Waals surface area contributed by atoms with E-state index < -0.39 is 11.6 Å². The standard InChI is InChI=1S/C22H29N3O3/c1-22(2)20(27)25(21(28)24-22)13-12-17(26)23-19-16-11-7-6-10-15(16)18(19)14-8-4-3-5-9-14/h3-5,8-9,15-16,18-19H,6-7,10-13H2,1-2H3,(H,23,26)(H,24,28)/t15-,16-,18-,19-/m0/s1. The predicted octanol–water partition coefficient (Wildman–Crippen LogP) is 2.80. The Hall–Kier alpha value is -2.37. The highest BCUT2D eigenvalue weighted by Gasteiger charge is 2.51. The van der Waals surface area contributed by atoms with Gasteiger partial charge in [0.25, 0.3) is 5.91 Å². The molecule has 0 aromatic heterocycles. The van der Waals surface area contributed by atoms with Crippen molar-refractivity contribution in [2.75, 3.05) is 6.54 Å². The summed E-state index contributed by atoms with van der Waals surface area (Å²) in [4.78, 5) is 38.1. The predicted molar refractivity (Wildman–Crippen MR) is 106 cm³/mol. The van der Waals surface area contributed by atoms with Gasteiger partial charge in [0, 0.05) is 24.9 Å². The third-order valence-electron chi connectivity index (χ3n) is 6.70. The van der Waals surface area contributed by atoms with E-state index in [1.165, 1.54) is 31.2 Å².